The van der Waals surface area contributed by atoms with Crippen molar-refractivity contribution in [3.05, 3.63) is 33.3 Å². The second kappa shape index (κ2) is 8.01. The first kappa shape index (κ1) is 17.5. The first-order valence-corrected chi connectivity index (χ1v) is 7.86. The van der Waals surface area contributed by atoms with E-state index in [4.69, 9.17) is 11.6 Å². The van der Waals surface area contributed by atoms with Crippen molar-refractivity contribution in [2.45, 2.75) is 13.8 Å². The fraction of sp³-hybridized carbons (Fsp3) is 0.533. The first-order chi connectivity index (χ1) is 9.29. The summed E-state index contributed by atoms with van der Waals surface area (Å²) in [7, 11) is 4.02. The van der Waals surface area contributed by atoms with E-state index in [2.05, 4.69) is 34.7 Å². The number of carbonyl (C=O) groups excluding carboxylic acids is 1. The summed E-state index contributed by atoms with van der Waals surface area (Å²) in [6.45, 7) is 6.54. The van der Waals surface area contributed by atoms with Gasteiger partial charge >= 0.3 is 0 Å². The Morgan fingerprint density at radius 3 is 2.40 bits per heavy atom. The summed E-state index contributed by atoms with van der Waals surface area (Å²) in [5.74, 6) is 0.465. The predicted octanol–water partition coefficient (Wildman–Crippen LogP) is 3.76. The molecule has 5 heteroatoms. The largest absolute Gasteiger partial charge is 0.337 e. The zero-order valence-corrected chi connectivity index (χ0v) is 14.8. The molecule has 0 atom stereocenters. The molecule has 0 heterocycles. The molecule has 1 rings (SSSR count). The number of likely N-dealkylation sites (N-methyl/N-ethyl adjacent to an activating group) is 1. The quantitative estimate of drug-likeness (QED) is 0.770. The van der Waals surface area contributed by atoms with Crippen molar-refractivity contribution in [3.63, 3.8) is 0 Å². The van der Waals surface area contributed by atoms with Crippen LogP contribution in [0.5, 0.6) is 0 Å². The molecule has 0 spiro atoms. The van der Waals surface area contributed by atoms with E-state index in [1.54, 1.807) is 12.1 Å². The molecular weight excluding hydrogens is 340 g/mol. The molecule has 3 nitrogen and oxygen atoms in total. The Morgan fingerprint density at radius 1 is 1.25 bits per heavy atom. The van der Waals surface area contributed by atoms with Crippen LogP contribution in [-0.4, -0.2) is 49.4 Å². The summed E-state index contributed by atoms with van der Waals surface area (Å²) in [6.07, 6.45) is 0. The second-order valence-electron chi connectivity index (χ2n) is 5.61. The maximum Gasteiger partial charge on any atom is 0.253 e. The molecule has 0 aliphatic carbocycles. The molecule has 20 heavy (non-hydrogen) atoms. The zero-order valence-electron chi connectivity index (χ0n) is 12.5. The molecule has 0 bridgehead atoms. The predicted molar refractivity (Wildman–Crippen MR) is 88.4 cm³/mol. The van der Waals surface area contributed by atoms with Crippen LogP contribution in [0.2, 0.25) is 5.02 Å². The minimum Gasteiger partial charge on any atom is -0.337 e. The average molecular weight is 362 g/mol. The van der Waals surface area contributed by atoms with E-state index in [9.17, 15) is 4.79 Å². The number of amides is 1. The van der Waals surface area contributed by atoms with Crippen LogP contribution in [0.25, 0.3) is 0 Å². The van der Waals surface area contributed by atoms with Gasteiger partial charge in [-0.15, -0.1) is 0 Å². The molecule has 0 unspecified atom stereocenters. The Hall–Kier alpha value is -0.580. The summed E-state index contributed by atoms with van der Waals surface area (Å²) in [5.41, 5.74) is 0.629. The summed E-state index contributed by atoms with van der Waals surface area (Å²) < 4.78 is 0.824. The van der Waals surface area contributed by atoms with Crippen molar-refractivity contribution in [2.24, 2.45) is 5.92 Å². The maximum absolute atomic E-state index is 12.6. The van der Waals surface area contributed by atoms with Gasteiger partial charge in [0.05, 0.1) is 0 Å². The van der Waals surface area contributed by atoms with Crippen molar-refractivity contribution in [3.8, 4) is 0 Å². The Kier molecular flexibility index (Phi) is 7.00. The number of hydrogen-bond acceptors (Lipinski definition) is 2. The third-order valence-corrected chi connectivity index (χ3v) is 3.48. The Morgan fingerprint density at radius 2 is 1.90 bits per heavy atom. The van der Waals surface area contributed by atoms with Gasteiger partial charge in [0, 0.05) is 34.7 Å². The van der Waals surface area contributed by atoms with Gasteiger partial charge in [0.2, 0.25) is 0 Å². The lowest BCUT2D eigenvalue weighted by molar-refractivity contribution is 0.0724. The molecule has 1 aromatic carbocycles. The SMILES string of the molecule is CC(C)CN(CCN(C)C)C(=O)c1cc(Cl)cc(Br)c1. The van der Waals surface area contributed by atoms with Crippen molar-refractivity contribution >= 4 is 33.4 Å². The monoisotopic (exact) mass is 360 g/mol. The lowest BCUT2D eigenvalue weighted by Crippen LogP contribution is -2.39. The second-order valence-corrected chi connectivity index (χ2v) is 6.96. The fourth-order valence-corrected chi connectivity index (χ4v) is 2.76. The lowest BCUT2D eigenvalue weighted by Gasteiger charge is -2.26. The molecule has 0 saturated heterocycles. The number of rotatable bonds is 6. The topological polar surface area (TPSA) is 23.6 Å². The molecule has 0 saturated carbocycles. The third-order valence-electron chi connectivity index (χ3n) is 2.80. The van der Waals surface area contributed by atoms with Gasteiger partial charge in [-0.05, 0) is 38.2 Å². The van der Waals surface area contributed by atoms with Gasteiger partial charge in [-0.3, -0.25) is 4.79 Å². The molecule has 0 radical (unpaired) electrons. The number of halogens is 2. The molecule has 0 aliphatic heterocycles. The Balaban J connectivity index is 2.90. The number of carbonyl (C=O) groups is 1. The third kappa shape index (κ3) is 5.81. The van der Waals surface area contributed by atoms with Crippen LogP contribution in [0.1, 0.15) is 24.2 Å². The van der Waals surface area contributed by atoms with E-state index in [0.717, 1.165) is 17.6 Å². The number of hydrogen-bond donors (Lipinski definition) is 0. The molecule has 0 N–H and O–H groups in total. The van der Waals surface area contributed by atoms with Crippen LogP contribution in [0.3, 0.4) is 0 Å². The molecule has 0 fully saturated rings. The van der Waals surface area contributed by atoms with Crippen LogP contribution in [0.4, 0.5) is 0 Å². The van der Waals surface area contributed by atoms with Crippen LogP contribution in [0.15, 0.2) is 22.7 Å². The molecular formula is C15H22BrClN2O. The molecule has 1 aromatic rings. The zero-order chi connectivity index (χ0) is 15.3. The van der Waals surface area contributed by atoms with Gasteiger partial charge in [0.1, 0.15) is 0 Å². The molecule has 0 aromatic heterocycles. The van der Waals surface area contributed by atoms with E-state index in [1.165, 1.54) is 0 Å². The van der Waals surface area contributed by atoms with E-state index in [1.807, 2.05) is 25.1 Å². The average Bonchev–Trinajstić information content (AvgIpc) is 2.31. The number of nitrogens with zero attached hydrogens (tertiary/aromatic N) is 2. The lowest BCUT2D eigenvalue weighted by atomic mass is 10.1. The van der Waals surface area contributed by atoms with Crippen LogP contribution in [0, 0.1) is 5.92 Å². The highest BCUT2D eigenvalue weighted by atomic mass is 79.9. The van der Waals surface area contributed by atoms with Crippen molar-refractivity contribution < 1.29 is 4.79 Å². The summed E-state index contributed by atoms with van der Waals surface area (Å²) in [4.78, 5) is 16.6. The smallest absolute Gasteiger partial charge is 0.253 e. The van der Waals surface area contributed by atoms with E-state index in [0.29, 0.717) is 23.0 Å². The highest BCUT2D eigenvalue weighted by Gasteiger charge is 2.17. The molecule has 1 amide bonds. The highest BCUT2D eigenvalue weighted by Crippen LogP contribution is 2.21. The van der Waals surface area contributed by atoms with E-state index >= 15 is 0 Å². The summed E-state index contributed by atoms with van der Waals surface area (Å²) in [6, 6.07) is 5.32. The van der Waals surface area contributed by atoms with Crippen LogP contribution in [-0.2, 0) is 0 Å². The first-order valence-electron chi connectivity index (χ1n) is 6.69. The van der Waals surface area contributed by atoms with E-state index < -0.39 is 0 Å². The standard InChI is InChI=1S/C15H22BrClN2O/c1-11(2)10-19(6-5-18(3)4)15(20)12-7-13(16)9-14(17)8-12/h7-9,11H,5-6,10H2,1-4H3. The van der Waals surface area contributed by atoms with Crippen LogP contribution >= 0.6 is 27.5 Å². The van der Waals surface area contributed by atoms with Gasteiger partial charge < -0.3 is 9.80 Å². The highest BCUT2D eigenvalue weighted by molar-refractivity contribution is 9.10. The number of benzene rings is 1. The maximum atomic E-state index is 12.6. The minimum absolute atomic E-state index is 0.0313. The minimum atomic E-state index is 0.0313. The van der Waals surface area contributed by atoms with Crippen molar-refractivity contribution in [1.29, 1.82) is 0 Å². The Labute approximate surface area is 135 Å². The van der Waals surface area contributed by atoms with E-state index in [-0.39, 0.29) is 5.91 Å². The van der Waals surface area contributed by atoms with Gasteiger partial charge in [0.25, 0.3) is 5.91 Å². The molecule has 0 aliphatic rings. The fourth-order valence-electron chi connectivity index (χ4n) is 1.90. The normalized spacial score (nSPS) is 11.2. The van der Waals surface area contributed by atoms with Gasteiger partial charge in [-0.2, -0.15) is 0 Å². The van der Waals surface area contributed by atoms with Crippen molar-refractivity contribution in [1.82, 2.24) is 9.80 Å². The van der Waals surface area contributed by atoms with Crippen LogP contribution < -0.4 is 0 Å². The molecule has 112 valence electrons. The van der Waals surface area contributed by atoms with Gasteiger partial charge in [-0.25, -0.2) is 0 Å². The van der Waals surface area contributed by atoms with Crippen molar-refractivity contribution in [2.75, 3.05) is 33.7 Å². The summed E-state index contributed by atoms with van der Waals surface area (Å²) >= 11 is 9.40. The van der Waals surface area contributed by atoms with Gasteiger partial charge in [-0.1, -0.05) is 41.4 Å². The summed E-state index contributed by atoms with van der Waals surface area (Å²) in [5, 5.41) is 0.569. The Bertz CT molecular complexity index is 443. The van der Waals surface area contributed by atoms with Gasteiger partial charge in [0.15, 0.2) is 0 Å².